The quantitative estimate of drug-likeness (QED) is 0.765. The zero-order chi connectivity index (χ0) is 20.1. The Morgan fingerprint density at radius 3 is 2.50 bits per heavy atom. The van der Waals surface area contributed by atoms with Gasteiger partial charge in [-0.05, 0) is 30.2 Å². The Kier molecular flexibility index (Phi) is 6.34. The topological polar surface area (TPSA) is 49.9 Å². The van der Waals surface area contributed by atoms with Crippen molar-refractivity contribution in [3.63, 3.8) is 0 Å². The zero-order valence-corrected chi connectivity index (χ0v) is 16.9. The summed E-state index contributed by atoms with van der Waals surface area (Å²) in [5.74, 6) is 0.763. The molecular formula is C23H28N2O3. The number of benzene rings is 2. The molecule has 2 aromatic carbocycles. The molecule has 2 amide bonds. The van der Waals surface area contributed by atoms with Gasteiger partial charge in [0, 0.05) is 31.3 Å². The van der Waals surface area contributed by atoms with Crippen molar-refractivity contribution in [2.45, 2.75) is 32.2 Å². The number of nitrogens with zero attached hydrogens (tertiary/aromatic N) is 2. The van der Waals surface area contributed by atoms with E-state index in [1.807, 2.05) is 55.6 Å². The maximum atomic E-state index is 13.1. The van der Waals surface area contributed by atoms with E-state index in [0.717, 1.165) is 29.7 Å². The monoisotopic (exact) mass is 380 g/mol. The Morgan fingerprint density at radius 2 is 1.82 bits per heavy atom. The van der Waals surface area contributed by atoms with Gasteiger partial charge in [-0.1, -0.05) is 50.1 Å². The number of amides is 2. The highest BCUT2D eigenvalue weighted by Gasteiger charge is 2.35. The van der Waals surface area contributed by atoms with Crippen LogP contribution in [0.15, 0.2) is 48.5 Å². The fraction of sp³-hybridized carbons (Fsp3) is 0.391. The van der Waals surface area contributed by atoms with E-state index < -0.39 is 0 Å². The minimum atomic E-state index is -0.361. The Morgan fingerprint density at radius 1 is 1.11 bits per heavy atom. The van der Waals surface area contributed by atoms with Gasteiger partial charge < -0.3 is 14.5 Å². The molecule has 1 unspecified atom stereocenters. The molecule has 1 aliphatic rings. The van der Waals surface area contributed by atoms with Crippen LogP contribution in [0.2, 0.25) is 0 Å². The number of para-hydroxylation sites is 1. The summed E-state index contributed by atoms with van der Waals surface area (Å²) >= 11 is 0. The molecule has 0 saturated carbocycles. The number of hydrogen-bond acceptors (Lipinski definition) is 3. The highest BCUT2D eigenvalue weighted by atomic mass is 16.5. The molecule has 28 heavy (non-hydrogen) atoms. The van der Waals surface area contributed by atoms with Crippen LogP contribution in [0.1, 0.15) is 36.5 Å². The number of methoxy groups -OCH3 is 1. The molecule has 0 spiro atoms. The zero-order valence-electron chi connectivity index (χ0n) is 16.9. The smallest absolute Gasteiger partial charge is 0.254 e. The van der Waals surface area contributed by atoms with Crippen molar-refractivity contribution < 1.29 is 14.3 Å². The first-order valence-corrected chi connectivity index (χ1v) is 9.86. The summed E-state index contributed by atoms with van der Waals surface area (Å²) in [4.78, 5) is 29.2. The first kappa shape index (κ1) is 19.9. The van der Waals surface area contributed by atoms with Gasteiger partial charge in [-0.2, -0.15) is 0 Å². The number of likely N-dealkylation sites (N-methyl/N-ethyl adjacent to an activating group) is 1. The van der Waals surface area contributed by atoms with Crippen molar-refractivity contribution in [2.75, 3.05) is 27.2 Å². The van der Waals surface area contributed by atoms with E-state index in [4.69, 9.17) is 4.74 Å². The fourth-order valence-electron chi connectivity index (χ4n) is 3.67. The molecule has 3 rings (SSSR count). The van der Waals surface area contributed by atoms with E-state index in [2.05, 4.69) is 6.92 Å². The largest absolute Gasteiger partial charge is 0.496 e. The number of unbranched alkanes of at least 4 members (excludes halogenated alkanes) is 1. The van der Waals surface area contributed by atoms with Gasteiger partial charge in [0.1, 0.15) is 11.8 Å². The van der Waals surface area contributed by atoms with Crippen LogP contribution >= 0.6 is 0 Å². The van der Waals surface area contributed by atoms with Crippen molar-refractivity contribution in [1.29, 1.82) is 0 Å². The molecule has 0 N–H and O–H groups in total. The summed E-state index contributed by atoms with van der Waals surface area (Å²) in [6, 6.07) is 15.0. The molecule has 1 aliphatic heterocycles. The predicted octanol–water partition coefficient (Wildman–Crippen LogP) is 3.84. The molecule has 1 heterocycles. The molecule has 1 fully saturated rings. The second-order valence-electron chi connectivity index (χ2n) is 7.19. The SMILES string of the molecule is CCCCC1C(=O)N(C)CCN1C(=O)c1ccc(-c2ccccc2OC)cc1. The van der Waals surface area contributed by atoms with Crippen LogP contribution in [0, 0.1) is 0 Å². The molecule has 0 aliphatic carbocycles. The van der Waals surface area contributed by atoms with Crippen molar-refractivity contribution in [3.05, 3.63) is 54.1 Å². The lowest BCUT2D eigenvalue weighted by atomic mass is 10.0. The van der Waals surface area contributed by atoms with Gasteiger partial charge in [0.05, 0.1) is 7.11 Å². The normalized spacial score (nSPS) is 17.0. The summed E-state index contributed by atoms with van der Waals surface area (Å²) in [5.41, 5.74) is 2.59. The highest BCUT2D eigenvalue weighted by Crippen LogP contribution is 2.30. The number of hydrogen-bond donors (Lipinski definition) is 0. The molecule has 5 heteroatoms. The third kappa shape index (κ3) is 4.03. The van der Waals surface area contributed by atoms with E-state index in [0.29, 0.717) is 25.1 Å². The molecule has 1 atom stereocenters. The molecule has 0 bridgehead atoms. The third-order valence-electron chi connectivity index (χ3n) is 5.36. The first-order valence-electron chi connectivity index (χ1n) is 9.86. The Labute approximate surface area is 166 Å². The van der Waals surface area contributed by atoms with Crippen LogP contribution < -0.4 is 4.74 Å². The first-order chi connectivity index (χ1) is 13.6. The predicted molar refractivity (Wildman–Crippen MR) is 110 cm³/mol. The van der Waals surface area contributed by atoms with E-state index in [9.17, 15) is 9.59 Å². The van der Waals surface area contributed by atoms with Crippen molar-refractivity contribution in [2.24, 2.45) is 0 Å². The molecular weight excluding hydrogens is 352 g/mol. The molecule has 148 valence electrons. The van der Waals surface area contributed by atoms with Gasteiger partial charge in [0.15, 0.2) is 0 Å². The average molecular weight is 380 g/mol. The average Bonchev–Trinajstić information content (AvgIpc) is 2.74. The van der Waals surface area contributed by atoms with Gasteiger partial charge in [0.25, 0.3) is 5.91 Å². The highest BCUT2D eigenvalue weighted by molar-refractivity contribution is 5.98. The van der Waals surface area contributed by atoms with Crippen molar-refractivity contribution in [1.82, 2.24) is 9.80 Å². The van der Waals surface area contributed by atoms with E-state index in [-0.39, 0.29) is 17.9 Å². The van der Waals surface area contributed by atoms with Crippen LogP contribution in [0.5, 0.6) is 5.75 Å². The fourth-order valence-corrected chi connectivity index (χ4v) is 3.67. The summed E-state index contributed by atoms with van der Waals surface area (Å²) in [6.07, 6.45) is 2.65. The summed E-state index contributed by atoms with van der Waals surface area (Å²) < 4.78 is 5.43. The van der Waals surface area contributed by atoms with E-state index >= 15 is 0 Å². The lowest BCUT2D eigenvalue weighted by Crippen LogP contribution is -2.57. The van der Waals surface area contributed by atoms with Crippen LogP contribution in [0.4, 0.5) is 0 Å². The van der Waals surface area contributed by atoms with Gasteiger partial charge in [-0.3, -0.25) is 9.59 Å². The molecule has 1 saturated heterocycles. The molecule has 5 nitrogen and oxygen atoms in total. The van der Waals surface area contributed by atoms with Gasteiger partial charge in [-0.25, -0.2) is 0 Å². The molecule has 0 aromatic heterocycles. The minimum absolute atomic E-state index is 0.0405. The lowest BCUT2D eigenvalue weighted by molar-refractivity contribution is -0.138. The number of rotatable bonds is 6. The maximum Gasteiger partial charge on any atom is 0.254 e. The molecule has 2 aromatic rings. The standard InChI is InChI=1S/C23H28N2O3/c1-4-5-9-20-23(27)24(2)15-16-25(20)22(26)18-13-11-17(12-14-18)19-8-6-7-10-21(19)28-3/h6-8,10-14,20H,4-5,9,15-16H2,1-3H3. The minimum Gasteiger partial charge on any atom is -0.496 e. The number of piperazine rings is 1. The van der Waals surface area contributed by atoms with Crippen molar-refractivity contribution >= 4 is 11.8 Å². The third-order valence-corrected chi connectivity index (χ3v) is 5.36. The number of carbonyl (C=O) groups excluding carboxylic acids is 2. The van der Waals surface area contributed by atoms with Gasteiger partial charge in [0.2, 0.25) is 5.91 Å². The van der Waals surface area contributed by atoms with Crippen LogP contribution in [0.25, 0.3) is 11.1 Å². The summed E-state index contributed by atoms with van der Waals surface area (Å²) in [7, 11) is 3.46. The van der Waals surface area contributed by atoms with Crippen LogP contribution in [0.3, 0.4) is 0 Å². The Hall–Kier alpha value is -2.82. The maximum absolute atomic E-state index is 13.1. The Balaban J connectivity index is 1.82. The van der Waals surface area contributed by atoms with Gasteiger partial charge in [-0.15, -0.1) is 0 Å². The summed E-state index contributed by atoms with van der Waals surface area (Å²) in [6.45, 7) is 3.25. The van der Waals surface area contributed by atoms with Gasteiger partial charge >= 0.3 is 0 Å². The van der Waals surface area contributed by atoms with E-state index in [1.54, 1.807) is 16.9 Å². The Bertz CT molecular complexity index is 832. The number of carbonyl (C=O) groups is 2. The second kappa shape index (κ2) is 8.91. The molecule has 0 radical (unpaired) electrons. The van der Waals surface area contributed by atoms with Crippen molar-refractivity contribution in [3.8, 4) is 16.9 Å². The van der Waals surface area contributed by atoms with Crippen LogP contribution in [-0.2, 0) is 4.79 Å². The number of ether oxygens (including phenoxy) is 1. The summed E-state index contributed by atoms with van der Waals surface area (Å²) in [5, 5.41) is 0. The van der Waals surface area contributed by atoms with E-state index in [1.165, 1.54) is 0 Å². The van der Waals surface area contributed by atoms with Crippen LogP contribution in [-0.4, -0.2) is 54.9 Å². The second-order valence-corrected chi connectivity index (χ2v) is 7.19. The lowest BCUT2D eigenvalue weighted by Gasteiger charge is -2.39.